The first-order valence-electron chi connectivity index (χ1n) is 7.46. The van der Waals surface area contributed by atoms with Crippen LogP contribution in [0.15, 0.2) is 30.5 Å². The molecule has 0 aromatic carbocycles. The zero-order valence-electron chi connectivity index (χ0n) is 12.2. The highest BCUT2D eigenvalue weighted by Gasteiger charge is 2.22. The molecular weight excluding hydrogens is 264 g/mol. The van der Waals surface area contributed by atoms with Crippen LogP contribution in [0.3, 0.4) is 0 Å². The van der Waals surface area contributed by atoms with E-state index in [0.29, 0.717) is 6.54 Å². The number of amides is 1. The predicted octanol–water partition coefficient (Wildman–Crippen LogP) is 2.29. The number of nitrogens with zero attached hydrogens (tertiary/aromatic N) is 3. The van der Waals surface area contributed by atoms with Crippen LogP contribution < -0.4 is 5.32 Å². The summed E-state index contributed by atoms with van der Waals surface area (Å²) in [7, 11) is 1.90. The summed E-state index contributed by atoms with van der Waals surface area (Å²) in [6.07, 6.45) is 6.15. The van der Waals surface area contributed by atoms with E-state index in [1.54, 1.807) is 10.9 Å². The minimum Gasteiger partial charge on any atom is -0.350 e. The molecule has 0 saturated heterocycles. The van der Waals surface area contributed by atoms with Crippen molar-refractivity contribution < 1.29 is 4.79 Å². The molecule has 3 rings (SSSR count). The van der Waals surface area contributed by atoms with Crippen LogP contribution in [-0.4, -0.2) is 20.7 Å². The summed E-state index contributed by atoms with van der Waals surface area (Å²) in [5, 5.41) is 7.45. The van der Waals surface area contributed by atoms with E-state index in [1.807, 2.05) is 31.3 Å². The van der Waals surface area contributed by atoms with Gasteiger partial charge < -0.3 is 5.32 Å². The highest BCUT2D eigenvalue weighted by atomic mass is 16.1. The molecule has 0 atom stereocenters. The molecule has 0 aliphatic heterocycles. The molecule has 1 amide bonds. The van der Waals surface area contributed by atoms with Gasteiger partial charge >= 0.3 is 0 Å². The maximum absolute atomic E-state index is 12.0. The molecule has 1 fully saturated rings. The quantitative estimate of drug-likeness (QED) is 0.937. The fourth-order valence-electron chi connectivity index (χ4n) is 2.88. The van der Waals surface area contributed by atoms with E-state index in [9.17, 15) is 4.79 Å². The second-order valence-corrected chi connectivity index (χ2v) is 5.56. The lowest BCUT2D eigenvalue weighted by atomic mass is 10.1. The molecule has 2 heterocycles. The fraction of sp³-hybridized carbons (Fsp3) is 0.438. The van der Waals surface area contributed by atoms with E-state index in [0.717, 1.165) is 29.9 Å². The summed E-state index contributed by atoms with van der Waals surface area (Å²) in [4.78, 5) is 16.4. The second kappa shape index (κ2) is 6.08. The molecule has 0 unspecified atom stereocenters. The average molecular weight is 284 g/mol. The van der Waals surface area contributed by atoms with Crippen LogP contribution in [0.5, 0.6) is 0 Å². The van der Waals surface area contributed by atoms with Gasteiger partial charge in [0.25, 0.3) is 0 Å². The van der Waals surface area contributed by atoms with E-state index in [-0.39, 0.29) is 11.8 Å². The van der Waals surface area contributed by atoms with Gasteiger partial charge in [-0.05, 0) is 31.0 Å². The number of pyridine rings is 1. The van der Waals surface area contributed by atoms with Crippen molar-refractivity contribution in [2.24, 2.45) is 13.0 Å². The number of carbonyl (C=O) groups excluding carboxylic acids is 1. The number of aryl methyl sites for hydroxylation is 1. The Morgan fingerprint density at radius 3 is 2.90 bits per heavy atom. The van der Waals surface area contributed by atoms with Crippen LogP contribution >= 0.6 is 0 Å². The third-order valence-corrected chi connectivity index (χ3v) is 4.03. The molecule has 2 aromatic rings. The van der Waals surface area contributed by atoms with E-state index in [1.165, 1.54) is 12.8 Å². The zero-order valence-corrected chi connectivity index (χ0v) is 12.2. The molecule has 0 spiro atoms. The van der Waals surface area contributed by atoms with Crippen molar-refractivity contribution in [2.45, 2.75) is 32.2 Å². The molecule has 0 bridgehead atoms. The summed E-state index contributed by atoms with van der Waals surface area (Å²) in [5.41, 5.74) is 2.71. The van der Waals surface area contributed by atoms with Crippen LogP contribution in [0.25, 0.3) is 11.4 Å². The molecule has 0 radical (unpaired) electrons. The first-order valence-corrected chi connectivity index (χ1v) is 7.46. The molecule has 110 valence electrons. The van der Waals surface area contributed by atoms with E-state index < -0.39 is 0 Å². The maximum atomic E-state index is 12.0. The molecule has 1 aliphatic carbocycles. The van der Waals surface area contributed by atoms with Gasteiger partial charge in [0.2, 0.25) is 5.91 Å². The van der Waals surface area contributed by atoms with Gasteiger partial charge in [-0.2, -0.15) is 5.10 Å². The predicted molar refractivity (Wildman–Crippen MR) is 80.2 cm³/mol. The monoisotopic (exact) mass is 284 g/mol. The number of hydrogen-bond donors (Lipinski definition) is 1. The summed E-state index contributed by atoms with van der Waals surface area (Å²) < 4.78 is 1.80. The Morgan fingerprint density at radius 2 is 2.19 bits per heavy atom. The van der Waals surface area contributed by atoms with Gasteiger partial charge in [-0.3, -0.25) is 14.5 Å². The van der Waals surface area contributed by atoms with Gasteiger partial charge in [0.15, 0.2) is 0 Å². The summed E-state index contributed by atoms with van der Waals surface area (Å²) in [6, 6.07) is 7.79. The maximum Gasteiger partial charge on any atom is 0.223 e. The van der Waals surface area contributed by atoms with Crippen molar-refractivity contribution >= 4 is 5.91 Å². The molecular formula is C16H20N4O. The van der Waals surface area contributed by atoms with Gasteiger partial charge in [-0.25, -0.2) is 0 Å². The summed E-state index contributed by atoms with van der Waals surface area (Å²) in [6.45, 7) is 0.482. The minimum atomic E-state index is 0.164. The lowest BCUT2D eigenvalue weighted by molar-refractivity contribution is -0.124. The van der Waals surface area contributed by atoms with Crippen LogP contribution in [0, 0.1) is 5.92 Å². The third kappa shape index (κ3) is 3.12. The topological polar surface area (TPSA) is 59.8 Å². The van der Waals surface area contributed by atoms with Crippen molar-refractivity contribution in [3.8, 4) is 11.4 Å². The molecule has 2 aromatic heterocycles. The first kappa shape index (κ1) is 13.8. The van der Waals surface area contributed by atoms with Gasteiger partial charge in [0.1, 0.15) is 0 Å². The first-order chi connectivity index (χ1) is 10.2. The number of hydrogen-bond acceptors (Lipinski definition) is 3. The van der Waals surface area contributed by atoms with Gasteiger partial charge in [0.05, 0.1) is 23.6 Å². The van der Waals surface area contributed by atoms with Crippen LogP contribution in [0.1, 0.15) is 31.4 Å². The zero-order chi connectivity index (χ0) is 14.7. The van der Waals surface area contributed by atoms with Crippen molar-refractivity contribution in [1.82, 2.24) is 20.1 Å². The minimum absolute atomic E-state index is 0.164. The standard InChI is InChI=1S/C16H20N4O/c1-20-15(14-8-4-5-9-17-14)10-13(19-20)11-18-16(21)12-6-2-3-7-12/h4-5,8-10,12H,2-3,6-7,11H2,1H3,(H,18,21). The van der Waals surface area contributed by atoms with Crippen molar-refractivity contribution in [3.05, 3.63) is 36.2 Å². The van der Waals surface area contributed by atoms with Crippen molar-refractivity contribution in [3.63, 3.8) is 0 Å². The Hall–Kier alpha value is -2.17. The molecule has 21 heavy (non-hydrogen) atoms. The number of rotatable bonds is 4. The Kier molecular flexibility index (Phi) is 3.99. The molecule has 1 saturated carbocycles. The number of carbonyl (C=O) groups is 1. The molecule has 5 heteroatoms. The van der Waals surface area contributed by atoms with Crippen LogP contribution in [0.2, 0.25) is 0 Å². The lowest BCUT2D eigenvalue weighted by Gasteiger charge is -2.08. The smallest absolute Gasteiger partial charge is 0.223 e. The van der Waals surface area contributed by atoms with E-state index in [2.05, 4.69) is 15.4 Å². The average Bonchev–Trinajstić information content (AvgIpc) is 3.15. The van der Waals surface area contributed by atoms with Crippen LogP contribution in [0.4, 0.5) is 0 Å². The summed E-state index contributed by atoms with van der Waals surface area (Å²) >= 11 is 0. The molecule has 5 nitrogen and oxygen atoms in total. The van der Waals surface area contributed by atoms with Gasteiger partial charge in [0, 0.05) is 19.2 Å². The number of aromatic nitrogens is 3. The highest BCUT2D eigenvalue weighted by Crippen LogP contribution is 2.24. The highest BCUT2D eigenvalue weighted by molar-refractivity contribution is 5.78. The Morgan fingerprint density at radius 1 is 1.38 bits per heavy atom. The van der Waals surface area contributed by atoms with Crippen molar-refractivity contribution in [2.75, 3.05) is 0 Å². The van der Waals surface area contributed by atoms with Crippen molar-refractivity contribution in [1.29, 1.82) is 0 Å². The van der Waals surface area contributed by atoms with Gasteiger partial charge in [-0.1, -0.05) is 18.9 Å². The molecule has 1 N–H and O–H groups in total. The fourth-order valence-corrected chi connectivity index (χ4v) is 2.88. The Bertz CT molecular complexity index is 614. The SMILES string of the molecule is Cn1nc(CNC(=O)C2CCCC2)cc1-c1ccccn1. The summed E-state index contributed by atoms with van der Waals surface area (Å²) in [5.74, 6) is 0.363. The number of nitrogens with one attached hydrogen (secondary N) is 1. The normalized spacial score (nSPS) is 15.3. The second-order valence-electron chi connectivity index (χ2n) is 5.56. The Labute approximate surface area is 124 Å². The van der Waals surface area contributed by atoms with E-state index in [4.69, 9.17) is 0 Å². The lowest BCUT2D eigenvalue weighted by Crippen LogP contribution is -2.28. The van der Waals surface area contributed by atoms with Crippen LogP contribution in [-0.2, 0) is 18.4 Å². The molecule has 1 aliphatic rings. The van der Waals surface area contributed by atoms with E-state index >= 15 is 0 Å². The van der Waals surface area contributed by atoms with Gasteiger partial charge in [-0.15, -0.1) is 0 Å². The Balaban J connectivity index is 1.66. The third-order valence-electron chi connectivity index (χ3n) is 4.03. The largest absolute Gasteiger partial charge is 0.350 e.